The summed E-state index contributed by atoms with van der Waals surface area (Å²) < 4.78 is 0. The third-order valence-corrected chi connectivity index (χ3v) is 3.96. The molecule has 1 saturated carbocycles. The first-order chi connectivity index (χ1) is 9.02. The molecule has 1 aliphatic carbocycles. The van der Waals surface area contributed by atoms with Gasteiger partial charge in [0.25, 0.3) is 0 Å². The van der Waals surface area contributed by atoms with Gasteiger partial charge >= 0.3 is 5.97 Å². The Bertz CT molecular complexity index is 504. The van der Waals surface area contributed by atoms with Crippen LogP contribution in [0.25, 0.3) is 0 Å². The third kappa shape index (κ3) is 2.21. The molecule has 1 aromatic rings. The number of carbonyl (C=O) groups is 2. The number of nitrogens with zero attached hydrogens (tertiary/aromatic N) is 1. The number of amides is 1. The van der Waals surface area contributed by atoms with Crippen LogP contribution in [0, 0.1) is 5.41 Å². The molecular formula is C14H18N2O3. The molecule has 0 aromatic heterocycles. The fourth-order valence-corrected chi connectivity index (χ4v) is 2.52. The zero-order valence-electron chi connectivity index (χ0n) is 10.9. The number of carbonyl (C=O) groups excluding carboxylic acids is 1. The first-order valence-corrected chi connectivity index (χ1v) is 6.32. The van der Waals surface area contributed by atoms with Crippen molar-refractivity contribution in [3.05, 3.63) is 29.8 Å². The molecule has 1 amide bonds. The molecule has 1 aliphatic rings. The zero-order valence-corrected chi connectivity index (χ0v) is 10.9. The van der Waals surface area contributed by atoms with Crippen molar-refractivity contribution >= 4 is 17.6 Å². The Hall–Kier alpha value is -1.88. The van der Waals surface area contributed by atoms with Gasteiger partial charge in [0.05, 0.1) is 16.7 Å². The molecule has 0 bridgehead atoms. The summed E-state index contributed by atoms with van der Waals surface area (Å²) in [6.07, 6.45) is 2.56. The van der Waals surface area contributed by atoms with Crippen LogP contribution >= 0.6 is 0 Å². The highest BCUT2D eigenvalue weighted by atomic mass is 16.4. The van der Waals surface area contributed by atoms with Gasteiger partial charge in [-0.15, -0.1) is 0 Å². The van der Waals surface area contributed by atoms with Crippen molar-refractivity contribution in [3.63, 3.8) is 0 Å². The lowest BCUT2D eigenvalue weighted by Crippen LogP contribution is -2.51. The molecule has 0 atom stereocenters. The van der Waals surface area contributed by atoms with Gasteiger partial charge in [-0.1, -0.05) is 18.6 Å². The molecule has 2 rings (SSSR count). The summed E-state index contributed by atoms with van der Waals surface area (Å²) in [5.74, 6) is -1.12. The van der Waals surface area contributed by atoms with E-state index in [1.807, 2.05) is 0 Å². The smallest absolute Gasteiger partial charge is 0.337 e. The SMILES string of the molecule is CN(C(=O)C1(CN)CCC1)c1ccccc1C(=O)O. The summed E-state index contributed by atoms with van der Waals surface area (Å²) in [6.45, 7) is 0.311. The Morgan fingerprint density at radius 3 is 2.47 bits per heavy atom. The van der Waals surface area contributed by atoms with Crippen molar-refractivity contribution in [3.8, 4) is 0 Å². The maximum absolute atomic E-state index is 12.5. The predicted molar refractivity (Wildman–Crippen MR) is 72.1 cm³/mol. The van der Waals surface area contributed by atoms with Crippen molar-refractivity contribution in [2.75, 3.05) is 18.5 Å². The quantitative estimate of drug-likeness (QED) is 0.860. The van der Waals surface area contributed by atoms with Crippen molar-refractivity contribution in [2.24, 2.45) is 11.1 Å². The molecule has 0 spiro atoms. The number of aromatic carboxylic acids is 1. The van der Waals surface area contributed by atoms with Gasteiger partial charge in [0.1, 0.15) is 0 Å². The van der Waals surface area contributed by atoms with Crippen LogP contribution in [-0.4, -0.2) is 30.6 Å². The van der Waals surface area contributed by atoms with E-state index < -0.39 is 11.4 Å². The average Bonchev–Trinajstić information content (AvgIpc) is 2.37. The summed E-state index contributed by atoms with van der Waals surface area (Å²) in [5.41, 5.74) is 5.77. The van der Waals surface area contributed by atoms with Gasteiger partial charge in [-0.2, -0.15) is 0 Å². The molecule has 1 aromatic carbocycles. The van der Waals surface area contributed by atoms with Crippen molar-refractivity contribution in [1.29, 1.82) is 0 Å². The van der Waals surface area contributed by atoms with E-state index in [2.05, 4.69) is 0 Å². The lowest BCUT2D eigenvalue weighted by molar-refractivity contribution is -0.131. The molecule has 0 radical (unpaired) electrons. The van der Waals surface area contributed by atoms with Crippen LogP contribution in [0.5, 0.6) is 0 Å². The number of para-hydroxylation sites is 1. The second kappa shape index (κ2) is 5.01. The minimum absolute atomic E-state index is 0.0880. The zero-order chi connectivity index (χ0) is 14.0. The van der Waals surface area contributed by atoms with Gasteiger partial charge in [-0.05, 0) is 25.0 Å². The number of anilines is 1. The maximum Gasteiger partial charge on any atom is 0.337 e. The van der Waals surface area contributed by atoms with E-state index in [0.29, 0.717) is 12.2 Å². The maximum atomic E-state index is 12.5. The van der Waals surface area contributed by atoms with Gasteiger partial charge in [0.2, 0.25) is 5.91 Å². The third-order valence-electron chi connectivity index (χ3n) is 3.96. The number of carboxylic acid groups (broad SMARTS) is 1. The van der Waals surface area contributed by atoms with Crippen LogP contribution in [0.15, 0.2) is 24.3 Å². The Morgan fingerprint density at radius 1 is 1.37 bits per heavy atom. The summed E-state index contributed by atoms with van der Waals surface area (Å²) in [7, 11) is 1.61. The lowest BCUT2D eigenvalue weighted by Gasteiger charge is -2.41. The molecule has 5 nitrogen and oxygen atoms in total. The largest absolute Gasteiger partial charge is 0.478 e. The molecule has 0 saturated heterocycles. The molecule has 1 fully saturated rings. The summed E-state index contributed by atoms with van der Waals surface area (Å²) >= 11 is 0. The molecule has 3 N–H and O–H groups in total. The van der Waals surface area contributed by atoms with Gasteiger partial charge in [0, 0.05) is 13.6 Å². The fraction of sp³-hybridized carbons (Fsp3) is 0.429. The number of benzene rings is 1. The monoisotopic (exact) mass is 262 g/mol. The van der Waals surface area contributed by atoms with Crippen LogP contribution in [0.3, 0.4) is 0 Å². The molecule has 0 unspecified atom stereocenters. The van der Waals surface area contributed by atoms with Crippen LogP contribution < -0.4 is 10.6 Å². The predicted octanol–water partition coefficient (Wildman–Crippen LogP) is 1.48. The number of rotatable bonds is 4. The van der Waals surface area contributed by atoms with E-state index in [4.69, 9.17) is 10.8 Å². The van der Waals surface area contributed by atoms with E-state index in [1.165, 1.54) is 11.0 Å². The second-order valence-electron chi connectivity index (χ2n) is 5.02. The van der Waals surface area contributed by atoms with E-state index >= 15 is 0 Å². The minimum atomic E-state index is -1.04. The Labute approximate surface area is 112 Å². The fourth-order valence-electron chi connectivity index (χ4n) is 2.52. The number of nitrogens with two attached hydrogens (primary N) is 1. The van der Waals surface area contributed by atoms with E-state index in [1.54, 1.807) is 25.2 Å². The molecular weight excluding hydrogens is 244 g/mol. The molecule has 0 heterocycles. The number of hydrogen-bond acceptors (Lipinski definition) is 3. The average molecular weight is 262 g/mol. The Balaban J connectivity index is 2.32. The van der Waals surface area contributed by atoms with Crippen LogP contribution in [-0.2, 0) is 4.79 Å². The summed E-state index contributed by atoms with van der Waals surface area (Å²) in [6, 6.07) is 6.51. The van der Waals surface area contributed by atoms with Crippen molar-refractivity contribution < 1.29 is 14.7 Å². The lowest BCUT2D eigenvalue weighted by atomic mass is 9.68. The van der Waals surface area contributed by atoms with E-state index in [-0.39, 0.29) is 11.5 Å². The summed E-state index contributed by atoms with van der Waals surface area (Å²) in [4.78, 5) is 25.1. The second-order valence-corrected chi connectivity index (χ2v) is 5.02. The highest BCUT2D eigenvalue weighted by molar-refractivity contribution is 6.03. The molecule has 102 valence electrons. The van der Waals surface area contributed by atoms with Gasteiger partial charge in [-0.3, -0.25) is 4.79 Å². The van der Waals surface area contributed by atoms with Crippen LogP contribution in [0.1, 0.15) is 29.6 Å². The van der Waals surface area contributed by atoms with Crippen molar-refractivity contribution in [2.45, 2.75) is 19.3 Å². The molecule has 19 heavy (non-hydrogen) atoms. The van der Waals surface area contributed by atoms with E-state index in [9.17, 15) is 9.59 Å². The normalized spacial score (nSPS) is 16.5. The highest BCUT2D eigenvalue weighted by Crippen LogP contribution is 2.42. The first kappa shape index (κ1) is 13.5. The van der Waals surface area contributed by atoms with Gasteiger partial charge in [-0.25, -0.2) is 4.79 Å². The molecule has 0 aliphatic heterocycles. The van der Waals surface area contributed by atoms with Gasteiger partial charge < -0.3 is 15.7 Å². The van der Waals surface area contributed by atoms with Gasteiger partial charge in [0.15, 0.2) is 0 Å². The van der Waals surface area contributed by atoms with Crippen LogP contribution in [0.2, 0.25) is 0 Å². The Kier molecular flexibility index (Phi) is 3.57. The molecule has 5 heteroatoms. The van der Waals surface area contributed by atoms with Crippen molar-refractivity contribution in [1.82, 2.24) is 0 Å². The number of hydrogen-bond donors (Lipinski definition) is 2. The Morgan fingerprint density at radius 2 is 2.00 bits per heavy atom. The minimum Gasteiger partial charge on any atom is -0.478 e. The standard InChI is InChI=1S/C14H18N2O3/c1-16(13(19)14(9-15)7-4-8-14)11-6-3-2-5-10(11)12(17)18/h2-3,5-6H,4,7-9,15H2,1H3,(H,17,18). The van der Waals surface area contributed by atoms with E-state index in [0.717, 1.165) is 19.3 Å². The van der Waals surface area contributed by atoms with Crippen LogP contribution in [0.4, 0.5) is 5.69 Å². The topological polar surface area (TPSA) is 83.6 Å². The highest BCUT2D eigenvalue weighted by Gasteiger charge is 2.45. The summed E-state index contributed by atoms with van der Waals surface area (Å²) in [5, 5.41) is 9.16. The first-order valence-electron chi connectivity index (χ1n) is 6.32. The number of carboxylic acids is 1.